The summed E-state index contributed by atoms with van der Waals surface area (Å²) < 4.78 is 45.7. The van der Waals surface area contributed by atoms with Gasteiger partial charge in [-0.3, -0.25) is 4.99 Å². The van der Waals surface area contributed by atoms with Gasteiger partial charge in [0.25, 0.3) is 0 Å². The molecule has 0 aliphatic heterocycles. The van der Waals surface area contributed by atoms with Gasteiger partial charge in [-0.2, -0.15) is 23.4 Å². The average molecular weight is 450 g/mol. The molecule has 3 aromatic rings. The number of aliphatic imine (C=N–C) groups is 1. The molecular weight excluding hydrogens is 435 g/mol. The fraction of sp³-hybridized carbons (Fsp3) is 0.100. The molecule has 1 aromatic heterocycles. The van der Waals surface area contributed by atoms with E-state index in [2.05, 4.69) is 19.9 Å². The average Bonchev–Trinajstić information content (AvgIpc) is 3.21. The first kappa shape index (κ1) is 22.0. The number of hydrazone groups is 1. The Morgan fingerprint density at radius 2 is 1.81 bits per heavy atom. The van der Waals surface area contributed by atoms with Crippen molar-refractivity contribution in [3.8, 4) is 5.69 Å². The molecule has 0 fully saturated rings. The molecule has 2 N–H and O–H groups in total. The smallest absolute Gasteiger partial charge is 0.434 e. The molecule has 11 heteroatoms. The number of nitrogens with zero attached hydrogens (tertiary/aromatic N) is 4. The zero-order chi connectivity index (χ0) is 22.6. The van der Waals surface area contributed by atoms with Crippen LogP contribution in [0.25, 0.3) is 5.69 Å². The van der Waals surface area contributed by atoms with Crippen LogP contribution < -0.4 is 5.84 Å². The Labute approximate surface area is 179 Å². The molecule has 2 aromatic carbocycles. The zero-order valence-electron chi connectivity index (χ0n) is 16.0. The van der Waals surface area contributed by atoms with Crippen molar-refractivity contribution in [1.29, 1.82) is 0 Å². The van der Waals surface area contributed by atoms with Crippen LogP contribution in [-0.2, 0) is 10.9 Å². The van der Waals surface area contributed by atoms with E-state index in [0.717, 1.165) is 13.3 Å². The first-order valence-electron chi connectivity index (χ1n) is 8.66. The predicted molar refractivity (Wildman–Crippen MR) is 110 cm³/mol. The predicted octanol–water partition coefficient (Wildman–Crippen LogP) is 4.40. The number of alkyl halides is 3. The molecule has 0 amide bonds. The van der Waals surface area contributed by atoms with Crippen LogP contribution in [0.5, 0.6) is 0 Å². The lowest BCUT2D eigenvalue weighted by molar-refractivity contribution is -0.143. The number of ether oxygens (including phenoxy) is 1. The Kier molecular flexibility index (Phi) is 6.40. The van der Waals surface area contributed by atoms with Crippen molar-refractivity contribution in [1.82, 2.24) is 9.78 Å². The van der Waals surface area contributed by atoms with E-state index in [1.807, 2.05) is 0 Å². The second-order valence-electron chi connectivity index (χ2n) is 6.10. The molecule has 1 heterocycles. The highest BCUT2D eigenvalue weighted by Crippen LogP contribution is 2.34. The zero-order valence-corrected chi connectivity index (χ0v) is 16.7. The van der Waals surface area contributed by atoms with Crippen LogP contribution >= 0.6 is 11.6 Å². The second-order valence-corrected chi connectivity index (χ2v) is 6.54. The van der Waals surface area contributed by atoms with Crippen molar-refractivity contribution < 1.29 is 22.7 Å². The van der Waals surface area contributed by atoms with E-state index < -0.39 is 23.4 Å². The van der Waals surface area contributed by atoms with E-state index in [9.17, 15) is 18.0 Å². The number of benzene rings is 2. The van der Waals surface area contributed by atoms with E-state index >= 15 is 0 Å². The topological polar surface area (TPSA) is 94.9 Å². The maximum absolute atomic E-state index is 13.5. The van der Waals surface area contributed by atoms with Crippen LogP contribution in [0.3, 0.4) is 0 Å². The Hall–Kier alpha value is -3.66. The second kappa shape index (κ2) is 9.00. The molecule has 0 bridgehead atoms. The van der Waals surface area contributed by atoms with E-state index in [4.69, 9.17) is 17.4 Å². The van der Waals surface area contributed by atoms with Gasteiger partial charge in [-0.1, -0.05) is 23.7 Å². The fourth-order valence-corrected chi connectivity index (χ4v) is 2.82. The fourth-order valence-electron chi connectivity index (χ4n) is 2.69. The Balaban J connectivity index is 1.92. The third kappa shape index (κ3) is 4.92. The molecule has 0 unspecified atom stereocenters. The highest BCUT2D eigenvalue weighted by Gasteiger charge is 2.41. The summed E-state index contributed by atoms with van der Waals surface area (Å²) in [5.41, 5.74) is -0.408. The summed E-state index contributed by atoms with van der Waals surface area (Å²) in [6.07, 6.45) is -2.59. The van der Waals surface area contributed by atoms with Crippen LogP contribution in [-0.4, -0.2) is 34.8 Å². The minimum atomic E-state index is -4.83. The van der Waals surface area contributed by atoms with Gasteiger partial charge in [-0.05, 0) is 36.4 Å². The largest absolute Gasteiger partial charge is 0.465 e. The molecule has 0 aliphatic rings. The quantitative estimate of drug-likeness (QED) is 0.270. The summed E-state index contributed by atoms with van der Waals surface area (Å²) in [7, 11) is 0.994. The lowest BCUT2D eigenvalue weighted by Crippen LogP contribution is -2.18. The van der Waals surface area contributed by atoms with E-state index in [1.54, 1.807) is 24.3 Å². The molecule has 160 valence electrons. The Morgan fingerprint density at radius 3 is 2.35 bits per heavy atom. The van der Waals surface area contributed by atoms with Crippen molar-refractivity contribution in [3.05, 3.63) is 76.6 Å². The number of nitrogens with two attached hydrogens (primary N) is 1. The minimum Gasteiger partial charge on any atom is -0.465 e. The van der Waals surface area contributed by atoms with Gasteiger partial charge in [-0.25, -0.2) is 9.48 Å². The molecule has 0 radical (unpaired) electrons. The third-order valence-electron chi connectivity index (χ3n) is 4.15. The molecular formula is C20H15ClF3N5O2. The van der Waals surface area contributed by atoms with Gasteiger partial charge in [-0.15, -0.1) is 0 Å². The number of halogens is 4. The number of hydrogen-bond donors (Lipinski definition) is 1. The highest BCUT2D eigenvalue weighted by atomic mass is 35.5. The van der Waals surface area contributed by atoms with Gasteiger partial charge >= 0.3 is 12.1 Å². The van der Waals surface area contributed by atoms with Crippen molar-refractivity contribution >= 4 is 35.2 Å². The summed E-state index contributed by atoms with van der Waals surface area (Å²) in [6, 6.07) is 12.5. The number of aromatic nitrogens is 2. The van der Waals surface area contributed by atoms with Gasteiger partial charge in [0.05, 0.1) is 30.9 Å². The molecule has 3 rings (SSSR count). The van der Waals surface area contributed by atoms with Gasteiger partial charge in [0.15, 0.2) is 5.69 Å². The first-order chi connectivity index (χ1) is 14.7. The number of rotatable bonds is 5. The van der Waals surface area contributed by atoms with Crippen LogP contribution in [0.1, 0.15) is 21.6 Å². The number of hydrogen-bond acceptors (Lipinski definition) is 6. The molecule has 0 aliphatic carbocycles. The maximum Gasteiger partial charge on any atom is 0.434 e. The van der Waals surface area contributed by atoms with E-state index in [1.165, 1.54) is 30.5 Å². The molecule has 0 saturated heterocycles. The van der Waals surface area contributed by atoms with Crippen LogP contribution in [0.2, 0.25) is 5.02 Å². The van der Waals surface area contributed by atoms with E-state index in [0.29, 0.717) is 26.7 Å². The summed E-state index contributed by atoms with van der Waals surface area (Å²) in [5, 5.41) is 7.93. The van der Waals surface area contributed by atoms with Crippen molar-refractivity contribution in [2.45, 2.75) is 6.18 Å². The number of carbonyl (C=O) groups excluding carboxylic acids is 1. The van der Waals surface area contributed by atoms with Crippen LogP contribution in [0.4, 0.5) is 18.9 Å². The Morgan fingerprint density at radius 1 is 1.16 bits per heavy atom. The van der Waals surface area contributed by atoms with Crippen LogP contribution in [0, 0.1) is 0 Å². The van der Waals surface area contributed by atoms with Crippen molar-refractivity contribution in [3.63, 3.8) is 0 Å². The SMILES string of the molecule is COC(=O)c1cnn(-c2ccc(C(C=Nc3ccc(Cl)cc3)=NN)cc2)c1C(F)(F)F. The van der Waals surface area contributed by atoms with Gasteiger partial charge < -0.3 is 10.6 Å². The summed E-state index contributed by atoms with van der Waals surface area (Å²) in [5.74, 6) is 4.30. The van der Waals surface area contributed by atoms with Crippen LogP contribution in [0.15, 0.2) is 64.8 Å². The van der Waals surface area contributed by atoms with Gasteiger partial charge in [0.2, 0.25) is 0 Å². The summed E-state index contributed by atoms with van der Waals surface area (Å²) in [6.45, 7) is 0. The van der Waals surface area contributed by atoms with Crippen molar-refractivity contribution in [2.75, 3.05) is 7.11 Å². The molecule has 31 heavy (non-hydrogen) atoms. The summed E-state index contributed by atoms with van der Waals surface area (Å²) in [4.78, 5) is 15.9. The number of carbonyl (C=O) groups is 1. The lowest BCUT2D eigenvalue weighted by Gasteiger charge is -2.12. The monoisotopic (exact) mass is 449 g/mol. The first-order valence-corrected chi connectivity index (χ1v) is 9.04. The Bertz CT molecular complexity index is 1140. The van der Waals surface area contributed by atoms with Gasteiger partial charge in [0.1, 0.15) is 11.3 Å². The molecule has 0 spiro atoms. The number of esters is 1. The lowest BCUT2D eigenvalue weighted by atomic mass is 10.1. The van der Waals surface area contributed by atoms with Gasteiger partial charge in [0, 0.05) is 10.6 Å². The molecule has 0 atom stereocenters. The standard InChI is InChI=1S/C20H15ClF3N5O2/c1-31-19(30)16-10-27-29(18(16)20(22,23)24)15-8-2-12(3-9-15)17(28-25)11-26-14-6-4-13(21)5-7-14/h2-11H,25H2,1H3. The normalized spacial score (nSPS) is 12.4. The third-order valence-corrected chi connectivity index (χ3v) is 4.40. The minimum absolute atomic E-state index is 0.0808. The number of methoxy groups -OCH3 is 1. The van der Waals surface area contributed by atoms with E-state index in [-0.39, 0.29) is 5.69 Å². The van der Waals surface area contributed by atoms with Crippen molar-refractivity contribution in [2.24, 2.45) is 15.9 Å². The maximum atomic E-state index is 13.5. The molecule has 0 saturated carbocycles. The summed E-state index contributed by atoms with van der Waals surface area (Å²) >= 11 is 5.83. The highest BCUT2D eigenvalue weighted by molar-refractivity contribution is 6.38. The molecule has 7 nitrogen and oxygen atoms in total.